The predicted octanol–water partition coefficient (Wildman–Crippen LogP) is 2.82. The van der Waals surface area contributed by atoms with Crippen LogP contribution >= 0.6 is 11.3 Å². The molecule has 0 spiro atoms. The van der Waals surface area contributed by atoms with Gasteiger partial charge < -0.3 is 19.3 Å². The number of nitro benzene ring substituents is 1. The van der Waals surface area contributed by atoms with Crippen molar-refractivity contribution in [3.05, 3.63) is 88.6 Å². The lowest BCUT2D eigenvalue weighted by molar-refractivity contribution is -0.384. The quantitative estimate of drug-likeness (QED) is 0.262. The van der Waals surface area contributed by atoms with Gasteiger partial charge in [-0.2, -0.15) is 0 Å². The Morgan fingerprint density at radius 2 is 1.97 bits per heavy atom. The lowest BCUT2D eigenvalue weighted by Crippen LogP contribution is -2.40. The van der Waals surface area contributed by atoms with Crippen molar-refractivity contribution in [2.24, 2.45) is 4.99 Å². The number of methoxy groups -OCH3 is 1. The first kappa shape index (κ1) is 26.6. The Bertz CT molecular complexity index is 1640. The zero-order chi connectivity index (χ0) is 27.6. The highest BCUT2D eigenvalue weighted by atomic mass is 32.1. The van der Waals surface area contributed by atoms with Crippen molar-refractivity contribution in [1.29, 1.82) is 0 Å². The number of aromatic hydroxyl groups is 1. The van der Waals surface area contributed by atoms with Crippen LogP contribution in [0.1, 0.15) is 37.9 Å². The van der Waals surface area contributed by atoms with Crippen LogP contribution < -0.4 is 24.4 Å². The Hall–Kier alpha value is -4.45. The maximum absolute atomic E-state index is 13.7. The van der Waals surface area contributed by atoms with Gasteiger partial charge in [0.15, 0.2) is 16.3 Å². The fourth-order valence-corrected chi connectivity index (χ4v) is 5.19. The Morgan fingerprint density at radius 3 is 2.63 bits per heavy atom. The van der Waals surface area contributed by atoms with E-state index in [-0.39, 0.29) is 33.7 Å². The number of phenols is 1. The molecule has 0 unspecified atom stereocenters. The minimum absolute atomic E-state index is 0.102. The number of hydrogen-bond donors (Lipinski definition) is 1. The van der Waals surface area contributed by atoms with E-state index < -0.39 is 22.5 Å². The van der Waals surface area contributed by atoms with Crippen LogP contribution in [-0.2, 0) is 9.53 Å². The largest absolute Gasteiger partial charge is 0.507 e. The highest BCUT2D eigenvalue weighted by Gasteiger charge is 2.34. The first-order chi connectivity index (χ1) is 18.2. The van der Waals surface area contributed by atoms with Gasteiger partial charge in [0.25, 0.3) is 11.2 Å². The fraction of sp³-hybridized carbons (Fsp3) is 0.269. The lowest BCUT2D eigenvalue weighted by atomic mass is 9.95. The molecule has 1 aliphatic heterocycles. The topological polar surface area (TPSA) is 142 Å². The Kier molecular flexibility index (Phi) is 7.62. The van der Waals surface area contributed by atoms with Crippen molar-refractivity contribution in [2.75, 3.05) is 20.3 Å². The number of non-ortho nitro benzene ring substituents is 1. The zero-order valence-electron chi connectivity index (χ0n) is 21.1. The van der Waals surface area contributed by atoms with Gasteiger partial charge in [-0.3, -0.25) is 19.5 Å². The highest BCUT2D eigenvalue weighted by Crippen LogP contribution is 2.36. The summed E-state index contributed by atoms with van der Waals surface area (Å²) in [7, 11) is 1.51. The van der Waals surface area contributed by atoms with Gasteiger partial charge in [-0.15, -0.1) is 0 Å². The molecule has 1 atom stereocenters. The predicted molar refractivity (Wildman–Crippen MR) is 139 cm³/mol. The number of hydrogen-bond acceptors (Lipinski definition) is 10. The number of aromatic nitrogens is 1. The number of fused-ring (bicyclic) bond motifs is 1. The minimum Gasteiger partial charge on any atom is -0.507 e. The van der Waals surface area contributed by atoms with E-state index in [1.165, 1.54) is 36.0 Å². The number of nitro groups is 1. The molecule has 12 heteroatoms. The summed E-state index contributed by atoms with van der Waals surface area (Å²) < 4.78 is 18.0. The third kappa shape index (κ3) is 4.90. The molecule has 4 rings (SSSR count). The second-order valence-corrected chi connectivity index (χ2v) is 9.15. The molecule has 0 aliphatic carbocycles. The van der Waals surface area contributed by atoms with Gasteiger partial charge in [-0.1, -0.05) is 17.4 Å². The number of ether oxygens (including phenoxy) is 3. The normalized spacial score (nSPS) is 15.1. The molecule has 38 heavy (non-hydrogen) atoms. The fourth-order valence-electron chi connectivity index (χ4n) is 4.15. The number of allylic oxidation sites excluding steroid dienone is 1. The average molecular weight is 540 g/mol. The van der Waals surface area contributed by atoms with Crippen molar-refractivity contribution < 1.29 is 29.0 Å². The smallest absolute Gasteiger partial charge is 0.338 e. The van der Waals surface area contributed by atoms with E-state index in [1.807, 2.05) is 6.92 Å². The number of carbonyl (C=O) groups excluding carboxylic acids is 1. The maximum Gasteiger partial charge on any atom is 0.338 e. The van der Waals surface area contributed by atoms with Gasteiger partial charge in [0.05, 0.1) is 47.1 Å². The van der Waals surface area contributed by atoms with Gasteiger partial charge in [-0.25, -0.2) is 9.79 Å². The van der Waals surface area contributed by atoms with Crippen LogP contribution in [0.25, 0.3) is 6.08 Å². The van der Waals surface area contributed by atoms with Crippen molar-refractivity contribution in [1.82, 2.24) is 4.57 Å². The molecule has 0 saturated carbocycles. The molecule has 0 bridgehead atoms. The van der Waals surface area contributed by atoms with Crippen molar-refractivity contribution >= 4 is 29.1 Å². The van der Waals surface area contributed by atoms with Crippen LogP contribution in [0, 0.1) is 10.1 Å². The number of thiazole rings is 1. The molecule has 1 aromatic heterocycles. The summed E-state index contributed by atoms with van der Waals surface area (Å²) in [6.07, 6.45) is 1.37. The summed E-state index contributed by atoms with van der Waals surface area (Å²) >= 11 is 1.04. The number of phenolic OH excluding ortho intramolecular Hbond substituents is 1. The van der Waals surface area contributed by atoms with E-state index in [4.69, 9.17) is 14.2 Å². The molecule has 2 heterocycles. The van der Waals surface area contributed by atoms with E-state index >= 15 is 0 Å². The number of esters is 1. The molecule has 0 radical (unpaired) electrons. The van der Waals surface area contributed by atoms with E-state index in [0.717, 1.165) is 11.3 Å². The SMILES string of the molecule is CCOC(=O)C1=C(C)N=c2s/c(=C\c3cc([N+](=O)[O-])ccc3O)c(=O)n2[C@H]1c1ccc(OC)c(OCC)c1. The molecule has 3 aromatic rings. The number of rotatable bonds is 8. The monoisotopic (exact) mass is 539 g/mol. The number of nitrogens with zero attached hydrogens (tertiary/aromatic N) is 3. The van der Waals surface area contributed by atoms with Gasteiger partial charge in [0.1, 0.15) is 5.75 Å². The first-order valence-electron chi connectivity index (χ1n) is 11.7. The van der Waals surface area contributed by atoms with Crippen LogP contribution in [0.15, 0.2) is 57.5 Å². The second-order valence-electron chi connectivity index (χ2n) is 8.15. The zero-order valence-corrected chi connectivity index (χ0v) is 21.9. The van der Waals surface area contributed by atoms with E-state index in [2.05, 4.69) is 4.99 Å². The third-order valence-corrected chi connectivity index (χ3v) is 6.81. The Morgan fingerprint density at radius 1 is 1.21 bits per heavy atom. The van der Waals surface area contributed by atoms with Crippen LogP contribution in [0.4, 0.5) is 5.69 Å². The lowest BCUT2D eigenvalue weighted by Gasteiger charge is -2.25. The molecular weight excluding hydrogens is 514 g/mol. The summed E-state index contributed by atoms with van der Waals surface area (Å²) in [4.78, 5) is 42.3. The minimum atomic E-state index is -0.892. The summed E-state index contributed by atoms with van der Waals surface area (Å²) in [5, 5.41) is 21.5. The molecule has 1 aliphatic rings. The summed E-state index contributed by atoms with van der Waals surface area (Å²) in [5.41, 5.74) is 0.516. The highest BCUT2D eigenvalue weighted by molar-refractivity contribution is 7.07. The van der Waals surface area contributed by atoms with E-state index in [0.29, 0.717) is 34.2 Å². The van der Waals surface area contributed by atoms with Crippen LogP contribution in [-0.4, -0.2) is 40.9 Å². The van der Waals surface area contributed by atoms with Crippen molar-refractivity contribution in [3.63, 3.8) is 0 Å². The molecule has 0 fully saturated rings. The molecule has 198 valence electrons. The molecular formula is C26H25N3O8S. The summed E-state index contributed by atoms with van der Waals surface area (Å²) in [6, 6.07) is 7.77. The number of carbonyl (C=O) groups is 1. The van der Waals surface area contributed by atoms with Crippen LogP contribution in [0.5, 0.6) is 17.2 Å². The summed E-state index contributed by atoms with van der Waals surface area (Å²) in [6.45, 7) is 5.67. The standard InChI is InChI=1S/C26H25N3O8S/c1-5-36-20-12-15(7-10-19(20)35-4)23-22(25(32)37-6-2)14(3)27-26-28(23)24(31)21(38-26)13-16-11-17(29(33)34)8-9-18(16)30/h7-13,23,30H,5-6H2,1-4H3/b21-13-/t23-/m0/s1. The van der Waals surface area contributed by atoms with E-state index in [1.54, 1.807) is 32.0 Å². The van der Waals surface area contributed by atoms with Crippen LogP contribution in [0.2, 0.25) is 0 Å². The summed E-state index contributed by atoms with van der Waals surface area (Å²) in [5.74, 6) is 0.0903. The molecule has 2 aromatic carbocycles. The molecule has 0 amide bonds. The van der Waals surface area contributed by atoms with Gasteiger partial charge in [0, 0.05) is 17.7 Å². The Labute approximate surface area is 220 Å². The molecule has 11 nitrogen and oxygen atoms in total. The number of benzene rings is 2. The first-order valence-corrected chi connectivity index (χ1v) is 12.5. The Balaban J connectivity index is 1.98. The molecule has 0 saturated heterocycles. The molecule has 1 N–H and O–H groups in total. The second kappa shape index (κ2) is 10.9. The van der Waals surface area contributed by atoms with Crippen molar-refractivity contribution in [3.8, 4) is 17.2 Å². The maximum atomic E-state index is 13.7. The van der Waals surface area contributed by atoms with Gasteiger partial charge in [0.2, 0.25) is 0 Å². The third-order valence-electron chi connectivity index (χ3n) is 5.83. The van der Waals surface area contributed by atoms with Gasteiger partial charge in [-0.05, 0) is 50.6 Å². The van der Waals surface area contributed by atoms with E-state index in [9.17, 15) is 24.8 Å². The van der Waals surface area contributed by atoms with Crippen LogP contribution in [0.3, 0.4) is 0 Å². The van der Waals surface area contributed by atoms with Gasteiger partial charge >= 0.3 is 5.97 Å². The van der Waals surface area contributed by atoms with Crippen molar-refractivity contribution in [2.45, 2.75) is 26.8 Å². The average Bonchev–Trinajstić information content (AvgIpc) is 3.18.